The van der Waals surface area contributed by atoms with Crippen molar-refractivity contribution >= 4 is 17.7 Å². The van der Waals surface area contributed by atoms with Crippen molar-refractivity contribution in [3.8, 4) is 5.75 Å². The van der Waals surface area contributed by atoms with Gasteiger partial charge in [0.15, 0.2) is 5.78 Å². The van der Waals surface area contributed by atoms with Crippen LogP contribution in [0.15, 0.2) is 35.5 Å². The summed E-state index contributed by atoms with van der Waals surface area (Å²) in [6, 6.07) is 7.43. The van der Waals surface area contributed by atoms with Crippen molar-refractivity contribution in [3.05, 3.63) is 41.1 Å². The number of allylic oxidation sites excluding steroid dienone is 2. The number of methoxy groups -OCH3 is 1. The molecule has 1 aromatic carbocycles. The SMILES string of the molecule is CCOc1cccc([C@@H]2CC(=O)NC3=C2C(=O)[C@H](C(=O)OC)[C@@H](C)C3)c1. The Kier molecular flexibility index (Phi) is 5.11. The fraction of sp³-hybridized carbons (Fsp3) is 0.450. The summed E-state index contributed by atoms with van der Waals surface area (Å²) in [4.78, 5) is 37.5. The van der Waals surface area contributed by atoms with E-state index in [4.69, 9.17) is 9.47 Å². The summed E-state index contributed by atoms with van der Waals surface area (Å²) >= 11 is 0. The van der Waals surface area contributed by atoms with Crippen LogP contribution < -0.4 is 10.1 Å². The van der Waals surface area contributed by atoms with Crippen LogP contribution in [0.5, 0.6) is 5.75 Å². The van der Waals surface area contributed by atoms with E-state index in [1.54, 1.807) is 0 Å². The predicted molar refractivity (Wildman–Crippen MR) is 94.4 cm³/mol. The minimum Gasteiger partial charge on any atom is -0.494 e. The summed E-state index contributed by atoms with van der Waals surface area (Å²) in [5, 5.41) is 2.83. The average Bonchev–Trinajstić information content (AvgIpc) is 2.61. The number of carbonyl (C=O) groups excluding carboxylic acids is 3. The standard InChI is InChI=1S/C20H23NO5/c1-4-26-13-7-5-6-12(9-13)14-10-16(22)21-15-8-11(2)17(20(24)25-3)19(23)18(14)15/h5-7,9,11,14,17H,4,8,10H2,1-3H3,(H,21,22)/t11-,14-,17+/m0/s1. The molecule has 1 N–H and O–H groups in total. The van der Waals surface area contributed by atoms with E-state index in [2.05, 4.69) is 5.32 Å². The molecule has 2 aliphatic rings. The molecule has 0 saturated carbocycles. The van der Waals surface area contributed by atoms with Gasteiger partial charge in [-0.3, -0.25) is 14.4 Å². The van der Waals surface area contributed by atoms with E-state index in [1.165, 1.54) is 7.11 Å². The highest BCUT2D eigenvalue weighted by Gasteiger charge is 2.45. The monoisotopic (exact) mass is 357 g/mol. The molecular weight excluding hydrogens is 334 g/mol. The highest BCUT2D eigenvalue weighted by atomic mass is 16.5. The molecule has 26 heavy (non-hydrogen) atoms. The van der Waals surface area contributed by atoms with E-state index in [-0.39, 0.29) is 29.9 Å². The maximum absolute atomic E-state index is 13.1. The van der Waals surface area contributed by atoms with E-state index in [9.17, 15) is 14.4 Å². The molecule has 3 atom stereocenters. The largest absolute Gasteiger partial charge is 0.494 e. The van der Waals surface area contributed by atoms with Crippen LogP contribution in [-0.2, 0) is 19.1 Å². The second-order valence-electron chi connectivity index (χ2n) is 6.75. The average molecular weight is 357 g/mol. The third-order valence-corrected chi connectivity index (χ3v) is 5.02. The van der Waals surface area contributed by atoms with E-state index in [1.807, 2.05) is 38.1 Å². The van der Waals surface area contributed by atoms with Crippen LogP contribution in [0.2, 0.25) is 0 Å². The highest BCUT2D eigenvalue weighted by Crippen LogP contribution is 2.42. The Balaban J connectivity index is 2.04. The van der Waals surface area contributed by atoms with Crippen molar-refractivity contribution in [3.63, 3.8) is 0 Å². The molecule has 1 heterocycles. The number of nitrogens with one attached hydrogen (secondary N) is 1. The fourth-order valence-electron chi connectivity index (χ4n) is 3.87. The third kappa shape index (κ3) is 3.23. The Hall–Kier alpha value is -2.63. The van der Waals surface area contributed by atoms with Gasteiger partial charge in [0.25, 0.3) is 0 Å². The molecule has 0 aromatic heterocycles. The van der Waals surface area contributed by atoms with Gasteiger partial charge in [-0.2, -0.15) is 0 Å². The van der Waals surface area contributed by atoms with Crippen molar-refractivity contribution in [2.75, 3.05) is 13.7 Å². The molecule has 6 nitrogen and oxygen atoms in total. The normalized spacial score (nSPS) is 25.4. The van der Waals surface area contributed by atoms with Crippen LogP contribution in [-0.4, -0.2) is 31.4 Å². The van der Waals surface area contributed by atoms with Crippen LogP contribution in [0.1, 0.15) is 38.2 Å². The lowest BCUT2D eigenvalue weighted by molar-refractivity contribution is -0.151. The van der Waals surface area contributed by atoms with Crippen LogP contribution in [0.3, 0.4) is 0 Å². The first kappa shape index (κ1) is 18.2. The molecule has 0 bridgehead atoms. The molecule has 3 rings (SSSR count). The van der Waals surface area contributed by atoms with Crippen molar-refractivity contribution in [2.24, 2.45) is 11.8 Å². The number of benzene rings is 1. The number of ketones is 1. The minimum absolute atomic E-state index is 0.118. The topological polar surface area (TPSA) is 81.7 Å². The zero-order valence-electron chi connectivity index (χ0n) is 15.2. The molecule has 0 spiro atoms. The number of carbonyl (C=O) groups is 3. The second kappa shape index (κ2) is 7.32. The van der Waals surface area contributed by atoms with E-state index in [0.29, 0.717) is 30.0 Å². The molecule has 0 fully saturated rings. The highest BCUT2D eigenvalue weighted by molar-refractivity contribution is 6.11. The second-order valence-corrected chi connectivity index (χ2v) is 6.75. The van der Waals surface area contributed by atoms with Gasteiger partial charge in [0.2, 0.25) is 5.91 Å². The zero-order chi connectivity index (χ0) is 18.8. The molecule has 6 heteroatoms. The first-order valence-electron chi connectivity index (χ1n) is 8.84. The zero-order valence-corrected chi connectivity index (χ0v) is 15.2. The summed E-state index contributed by atoms with van der Waals surface area (Å²) in [6.45, 7) is 4.26. The maximum atomic E-state index is 13.1. The van der Waals surface area contributed by atoms with Gasteiger partial charge >= 0.3 is 5.97 Å². The fourth-order valence-corrected chi connectivity index (χ4v) is 3.87. The van der Waals surface area contributed by atoms with Crippen molar-refractivity contribution in [2.45, 2.75) is 32.6 Å². The van der Waals surface area contributed by atoms with Gasteiger partial charge in [0.1, 0.15) is 11.7 Å². The van der Waals surface area contributed by atoms with Crippen LogP contribution in [0, 0.1) is 11.8 Å². The number of hydrogen-bond acceptors (Lipinski definition) is 5. The first-order valence-corrected chi connectivity index (χ1v) is 8.84. The number of esters is 1. The Morgan fingerprint density at radius 2 is 2.04 bits per heavy atom. The lowest BCUT2D eigenvalue weighted by Crippen LogP contribution is -2.44. The molecule has 0 unspecified atom stereocenters. The van der Waals surface area contributed by atoms with Crippen molar-refractivity contribution in [1.82, 2.24) is 5.32 Å². The summed E-state index contributed by atoms with van der Waals surface area (Å²) in [7, 11) is 1.29. The van der Waals surface area contributed by atoms with E-state index >= 15 is 0 Å². The number of amides is 1. The van der Waals surface area contributed by atoms with Crippen LogP contribution in [0.4, 0.5) is 0 Å². The Labute approximate surface area is 152 Å². The number of ether oxygens (including phenoxy) is 2. The van der Waals surface area contributed by atoms with E-state index in [0.717, 1.165) is 5.56 Å². The number of rotatable bonds is 4. The van der Waals surface area contributed by atoms with Crippen LogP contribution >= 0.6 is 0 Å². The van der Waals surface area contributed by atoms with Gasteiger partial charge in [-0.05, 0) is 37.0 Å². The van der Waals surface area contributed by atoms with Gasteiger partial charge < -0.3 is 14.8 Å². The summed E-state index contributed by atoms with van der Waals surface area (Å²) < 4.78 is 10.4. The number of Topliss-reactive ketones (excluding diaryl/α,β-unsaturated/α-hetero) is 1. The Bertz CT molecular complexity index is 782. The predicted octanol–water partition coefficient (Wildman–Crippen LogP) is 2.34. The quantitative estimate of drug-likeness (QED) is 0.661. The maximum Gasteiger partial charge on any atom is 0.316 e. The molecule has 0 radical (unpaired) electrons. The Morgan fingerprint density at radius 1 is 1.27 bits per heavy atom. The molecule has 138 valence electrons. The lowest BCUT2D eigenvalue weighted by Gasteiger charge is -2.36. The van der Waals surface area contributed by atoms with Gasteiger partial charge in [0.05, 0.1) is 13.7 Å². The molecule has 1 aromatic rings. The van der Waals surface area contributed by atoms with Gasteiger partial charge in [0, 0.05) is 23.6 Å². The first-order chi connectivity index (χ1) is 12.5. The summed E-state index contributed by atoms with van der Waals surface area (Å²) in [5.74, 6) is -1.63. The molecule has 1 aliphatic heterocycles. The van der Waals surface area contributed by atoms with E-state index < -0.39 is 11.9 Å². The van der Waals surface area contributed by atoms with Crippen molar-refractivity contribution in [1.29, 1.82) is 0 Å². The van der Waals surface area contributed by atoms with Gasteiger partial charge in [-0.15, -0.1) is 0 Å². The lowest BCUT2D eigenvalue weighted by atomic mass is 9.70. The van der Waals surface area contributed by atoms with Crippen LogP contribution in [0.25, 0.3) is 0 Å². The minimum atomic E-state index is -0.827. The van der Waals surface area contributed by atoms with Crippen molar-refractivity contribution < 1.29 is 23.9 Å². The molecule has 1 aliphatic carbocycles. The van der Waals surface area contributed by atoms with Gasteiger partial charge in [-0.1, -0.05) is 19.1 Å². The summed E-state index contributed by atoms with van der Waals surface area (Å²) in [6.07, 6.45) is 0.636. The molecule has 0 saturated heterocycles. The number of hydrogen-bond donors (Lipinski definition) is 1. The molecule has 1 amide bonds. The third-order valence-electron chi connectivity index (χ3n) is 5.02. The molecular formula is C20H23NO5. The Morgan fingerprint density at radius 3 is 2.73 bits per heavy atom. The smallest absolute Gasteiger partial charge is 0.316 e. The van der Waals surface area contributed by atoms with Gasteiger partial charge in [-0.25, -0.2) is 0 Å². The summed E-state index contributed by atoms with van der Waals surface area (Å²) in [5.41, 5.74) is 1.99.